The van der Waals surface area contributed by atoms with Gasteiger partial charge >= 0.3 is 0 Å². The zero-order valence-corrected chi connectivity index (χ0v) is 13.7. The minimum absolute atomic E-state index is 0.294. The number of anilines is 2. The van der Waals surface area contributed by atoms with Crippen molar-refractivity contribution < 1.29 is 19.1 Å². The van der Waals surface area contributed by atoms with Gasteiger partial charge in [0.25, 0.3) is 0 Å². The van der Waals surface area contributed by atoms with Gasteiger partial charge in [-0.25, -0.2) is 0 Å². The van der Waals surface area contributed by atoms with Crippen LogP contribution in [0.1, 0.15) is 13.3 Å². The summed E-state index contributed by atoms with van der Waals surface area (Å²) in [5.74, 6) is 0.377. The van der Waals surface area contributed by atoms with Crippen LogP contribution in [-0.2, 0) is 9.59 Å². The summed E-state index contributed by atoms with van der Waals surface area (Å²) in [7, 11) is 1.55. The van der Waals surface area contributed by atoms with Gasteiger partial charge in [-0.05, 0) is 31.2 Å². The zero-order chi connectivity index (χ0) is 17.4. The van der Waals surface area contributed by atoms with Gasteiger partial charge in [-0.15, -0.1) is 0 Å². The molecule has 24 heavy (non-hydrogen) atoms. The first-order chi connectivity index (χ1) is 11.6. The molecule has 0 saturated heterocycles. The molecule has 0 radical (unpaired) electrons. The number of hydrogen-bond acceptors (Lipinski definition) is 4. The highest BCUT2D eigenvalue weighted by atomic mass is 16.5. The minimum atomic E-state index is -0.414. The van der Waals surface area contributed by atoms with Gasteiger partial charge in [-0.3, -0.25) is 9.59 Å². The first kappa shape index (κ1) is 17.3. The van der Waals surface area contributed by atoms with Gasteiger partial charge in [-0.1, -0.05) is 18.2 Å². The Hall–Kier alpha value is -3.02. The van der Waals surface area contributed by atoms with E-state index in [4.69, 9.17) is 9.47 Å². The maximum atomic E-state index is 12.0. The Balaban J connectivity index is 1.93. The standard InChI is InChI=1S/C18H20N2O4/c1-3-24-16-10-5-4-9-15(16)20-18(22)12-17(21)19-13-7-6-8-14(11-13)23-2/h4-11H,3,12H2,1-2H3,(H,19,21)(H,20,22). The average Bonchev–Trinajstić information content (AvgIpc) is 2.56. The first-order valence-electron chi connectivity index (χ1n) is 7.58. The van der Waals surface area contributed by atoms with Crippen molar-refractivity contribution >= 4 is 23.2 Å². The maximum absolute atomic E-state index is 12.0. The maximum Gasteiger partial charge on any atom is 0.233 e. The van der Waals surface area contributed by atoms with Gasteiger partial charge in [0.1, 0.15) is 17.9 Å². The topological polar surface area (TPSA) is 76.7 Å². The summed E-state index contributed by atoms with van der Waals surface area (Å²) < 4.78 is 10.5. The lowest BCUT2D eigenvalue weighted by molar-refractivity contribution is -0.123. The summed E-state index contributed by atoms with van der Waals surface area (Å²) >= 11 is 0. The van der Waals surface area contributed by atoms with Crippen molar-refractivity contribution in [3.8, 4) is 11.5 Å². The van der Waals surface area contributed by atoms with E-state index in [1.165, 1.54) is 0 Å². The van der Waals surface area contributed by atoms with Gasteiger partial charge in [0.05, 0.1) is 19.4 Å². The van der Waals surface area contributed by atoms with E-state index in [9.17, 15) is 9.59 Å². The molecule has 6 heteroatoms. The van der Waals surface area contributed by atoms with Crippen molar-refractivity contribution in [3.05, 3.63) is 48.5 Å². The van der Waals surface area contributed by atoms with Crippen molar-refractivity contribution in [2.24, 2.45) is 0 Å². The molecule has 0 heterocycles. The molecule has 0 aliphatic carbocycles. The van der Waals surface area contributed by atoms with E-state index in [-0.39, 0.29) is 6.42 Å². The lowest BCUT2D eigenvalue weighted by Gasteiger charge is -2.11. The molecule has 0 unspecified atom stereocenters. The minimum Gasteiger partial charge on any atom is -0.497 e. The van der Waals surface area contributed by atoms with Gasteiger partial charge in [0.2, 0.25) is 11.8 Å². The largest absolute Gasteiger partial charge is 0.497 e. The Morgan fingerprint density at radius 3 is 2.50 bits per heavy atom. The summed E-state index contributed by atoms with van der Waals surface area (Å²) in [6, 6.07) is 14.0. The number of methoxy groups -OCH3 is 1. The van der Waals surface area contributed by atoms with Gasteiger partial charge in [-0.2, -0.15) is 0 Å². The molecule has 6 nitrogen and oxygen atoms in total. The summed E-state index contributed by atoms with van der Waals surface area (Å²) in [4.78, 5) is 24.0. The number of carbonyl (C=O) groups excluding carboxylic acids is 2. The van der Waals surface area contributed by atoms with Crippen LogP contribution in [0, 0.1) is 0 Å². The summed E-state index contributed by atoms with van der Waals surface area (Å²) in [6.07, 6.45) is -0.294. The molecule has 0 aromatic heterocycles. The quantitative estimate of drug-likeness (QED) is 0.766. The van der Waals surface area contributed by atoms with Crippen molar-refractivity contribution in [2.75, 3.05) is 24.4 Å². The lowest BCUT2D eigenvalue weighted by atomic mass is 10.2. The molecule has 0 saturated carbocycles. The molecule has 2 rings (SSSR count). The van der Waals surface area contributed by atoms with E-state index in [2.05, 4.69) is 10.6 Å². The summed E-state index contributed by atoms with van der Waals surface area (Å²) in [5, 5.41) is 5.35. The fraction of sp³-hybridized carbons (Fsp3) is 0.222. The van der Waals surface area contributed by atoms with Crippen LogP contribution in [0.5, 0.6) is 11.5 Å². The molecular weight excluding hydrogens is 308 g/mol. The average molecular weight is 328 g/mol. The second-order valence-corrected chi connectivity index (χ2v) is 4.93. The van der Waals surface area contributed by atoms with E-state index in [1.54, 1.807) is 49.6 Å². The molecular formula is C18H20N2O4. The molecule has 2 aromatic carbocycles. The third-order valence-electron chi connectivity index (χ3n) is 3.14. The second kappa shape index (κ2) is 8.57. The SMILES string of the molecule is CCOc1ccccc1NC(=O)CC(=O)Nc1cccc(OC)c1. The molecule has 2 N–H and O–H groups in total. The van der Waals surface area contributed by atoms with Crippen LogP contribution >= 0.6 is 0 Å². The number of amides is 2. The van der Waals surface area contributed by atoms with Crippen molar-refractivity contribution in [2.45, 2.75) is 13.3 Å². The number of ether oxygens (including phenoxy) is 2. The van der Waals surface area contributed by atoms with Crippen LogP contribution in [0.15, 0.2) is 48.5 Å². The van der Waals surface area contributed by atoms with Crippen LogP contribution < -0.4 is 20.1 Å². The summed E-state index contributed by atoms with van der Waals surface area (Å²) in [6.45, 7) is 2.35. The third-order valence-corrected chi connectivity index (χ3v) is 3.14. The van der Waals surface area contributed by atoms with Crippen LogP contribution in [0.2, 0.25) is 0 Å². The Morgan fingerprint density at radius 2 is 1.75 bits per heavy atom. The molecule has 0 atom stereocenters. The van der Waals surface area contributed by atoms with Gasteiger partial charge in [0, 0.05) is 11.8 Å². The van der Waals surface area contributed by atoms with E-state index in [0.717, 1.165) is 0 Å². The monoisotopic (exact) mass is 328 g/mol. The fourth-order valence-corrected chi connectivity index (χ4v) is 2.10. The van der Waals surface area contributed by atoms with Gasteiger partial charge in [0.15, 0.2) is 0 Å². The van der Waals surface area contributed by atoms with E-state index in [1.807, 2.05) is 13.0 Å². The van der Waals surface area contributed by atoms with Crippen molar-refractivity contribution in [1.82, 2.24) is 0 Å². The van der Waals surface area contributed by atoms with Crippen LogP contribution in [0.25, 0.3) is 0 Å². The Morgan fingerprint density at radius 1 is 1.00 bits per heavy atom. The molecule has 0 aliphatic heterocycles. The predicted octanol–water partition coefficient (Wildman–Crippen LogP) is 3.06. The Labute approximate surface area is 140 Å². The number of para-hydroxylation sites is 2. The highest BCUT2D eigenvalue weighted by Gasteiger charge is 2.12. The Kier molecular flexibility index (Phi) is 6.19. The molecule has 0 spiro atoms. The van der Waals surface area contributed by atoms with Crippen LogP contribution in [0.4, 0.5) is 11.4 Å². The second-order valence-electron chi connectivity index (χ2n) is 4.93. The smallest absolute Gasteiger partial charge is 0.233 e. The fourth-order valence-electron chi connectivity index (χ4n) is 2.10. The van der Waals surface area contributed by atoms with Crippen LogP contribution in [-0.4, -0.2) is 25.5 Å². The third kappa shape index (κ3) is 5.01. The number of hydrogen-bond donors (Lipinski definition) is 2. The van der Waals surface area contributed by atoms with E-state index >= 15 is 0 Å². The highest BCUT2D eigenvalue weighted by molar-refractivity contribution is 6.08. The molecule has 0 bridgehead atoms. The predicted molar refractivity (Wildman–Crippen MR) is 92.5 cm³/mol. The lowest BCUT2D eigenvalue weighted by Crippen LogP contribution is -2.21. The van der Waals surface area contributed by atoms with Crippen molar-refractivity contribution in [1.29, 1.82) is 0 Å². The highest BCUT2D eigenvalue weighted by Crippen LogP contribution is 2.23. The molecule has 2 amide bonds. The van der Waals surface area contributed by atoms with Gasteiger partial charge < -0.3 is 20.1 Å². The molecule has 0 fully saturated rings. The normalized spacial score (nSPS) is 9.92. The Bertz CT molecular complexity index is 716. The zero-order valence-electron chi connectivity index (χ0n) is 13.7. The van der Waals surface area contributed by atoms with E-state index < -0.39 is 11.8 Å². The number of nitrogens with one attached hydrogen (secondary N) is 2. The first-order valence-corrected chi connectivity index (χ1v) is 7.58. The number of rotatable bonds is 7. The summed E-state index contributed by atoms with van der Waals surface area (Å²) in [5.41, 5.74) is 1.11. The number of benzene rings is 2. The molecule has 126 valence electrons. The molecule has 2 aromatic rings. The van der Waals surface area contributed by atoms with Crippen molar-refractivity contribution in [3.63, 3.8) is 0 Å². The van der Waals surface area contributed by atoms with Crippen LogP contribution in [0.3, 0.4) is 0 Å². The molecule has 0 aliphatic rings. The van der Waals surface area contributed by atoms with E-state index in [0.29, 0.717) is 29.5 Å². The number of carbonyl (C=O) groups is 2.